The highest BCUT2D eigenvalue weighted by molar-refractivity contribution is 7.99. The second-order valence-electron chi connectivity index (χ2n) is 5.37. The van der Waals surface area contributed by atoms with Gasteiger partial charge < -0.3 is 10.2 Å². The van der Waals surface area contributed by atoms with Gasteiger partial charge in [-0.15, -0.1) is 0 Å². The molecule has 1 aromatic rings. The predicted octanol–water partition coefficient (Wildman–Crippen LogP) is 2.32. The largest absolute Gasteiger partial charge is 0.338 e. The molecular formula is C15H19ClN2OS. The molecule has 1 atom stereocenters. The Morgan fingerprint density at radius 1 is 1.50 bits per heavy atom. The van der Waals surface area contributed by atoms with Crippen LogP contribution in [0.5, 0.6) is 0 Å². The second-order valence-corrected chi connectivity index (χ2v) is 6.93. The Balaban J connectivity index is 1.63. The number of nitrogens with zero attached hydrogens (tertiary/aromatic N) is 1. The topological polar surface area (TPSA) is 32.3 Å². The van der Waals surface area contributed by atoms with Crippen molar-refractivity contribution in [3.05, 3.63) is 34.3 Å². The fourth-order valence-corrected chi connectivity index (χ4v) is 4.10. The Bertz CT molecular complexity index is 503. The lowest BCUT2D eigenvalue weighted by Crippen LogP contribution is -2.43. The molecule has 1 aromatic carbocycles. The van der Waals surface area contributed by atoms with Crippen LogP contribution in [-0.2, 0) is 17.8 Å². The third kappa shape index (κ3) is 3.13. The second kappa shape index (κ2) is 6.37. The number of hydrogen-bond donors (Lipinski definition) is 1. The van der Waals surface area contributed by atoms with Crippen LogP contribution in [0.4, 0.5) is 0 Å². The van der Waals surface area contributed by atoms with Crippen LogP contribution in [0.1, 0.15) is 17.5 Å². The van der Waals surface area contributed by atoms with E-state index in [2.05, 4.69) is 11.4 Å². The Morgan fingerprint density at radius 2 is 2.40 bits per heavy atom. The highest BCUT2D eigenvalue weighted by atomic mass is 35.5. The molecule has 5 heteroatoms. The van der Waals surface area contributed by atoms with Crippen molar-refractivity contribution in [1.82, 2.24) is 10.2 Å². The lowest BCUT2D eigenvalue weighted by molar-refractivity contribution is -0.132. The summed E-state index contributed by atoms with van der Waals surface area (Å²) < 4.78 is 0. The lowest BCUT2D eigenvalue weighted by atomic mass is 9.99. The lowest BCUT2D eigenvalue weighted by Gasteiger charge is -2.31. The zero-order valence-corrected chi connectivity index (χ0v) is 13.0. The standard InChI is InChI=1S/C15H19ClN2OS/c16-14-3-1-2-11-9-18(6-4-13(11)14)15(19)8-12-10-20-7-5-17-12/h1-3,12,17H,4-10H2. The van der Waals surface area contributed by atoms with E-state index < -0.39 is 0 Å². The van der Waals surface area contributed by atoms with E-state index in [9.17, 15) is 4.79 Å². The van der Waals surface area contributed by atoms with Gasteiger partial charge in [0.05, 0.1) is 0 Å². The van der Waals surface area contributed by atoms with Crippen LogP contribution in [-0.4, -0.2) is 41.4 Å². The molecule has 0 aliphatic carbocycles. The van der Waals surface area contributed by atoms with Crippen LogP contribution in [0.25, 0.3) is 0 Å². The molecule has 2 heterocycles. The molecule has 1 amide bonds. The summed E-state index contributed by atoms with van der Waals surface area (Å²) in [4.78, 5) is 14.4. The third-order valence-corrected chi connectivity index (χ3v) is 5.47. The summed E-state index contributed by atoms with van der Waals surface area (Å²) in [5, 5.41) is 4.26. The Hall–Kier alpha value is -0.710. The number of thioether (sulfide) groups is 1. The molecule has 3 nitrogen and oxygen atoms in total. The summed E-state index contributed by atoms with van der Waals surface area (Å²) in [6.45, 7) is 2.51. The molecule has 1 N–H and O–H groups in total. The van der Waals surface area contributed by atoms with E-state index in [4.69, 9.17) is 11.6 Å². The highest BCUT2D eigenvalue weighted by Gasteiger charge is 2.24. The van der Waals surface area contributed by atoms with Crippen molar-refractivity contribution in [3.8, 4) is 0 Å². The van der Waals surface area contributed by atoms with Crippen molar-refractivity contribution >= 4 is 29.3 Å². The highest BCUT2D eigenvalue weighted by Crippen LogP contribution is 2.26. The van der Waals surface area contributed by atoms with Crippen LogP contribution in [0.2, 0.25) is 5.02 Å². The van der Waals surface area contributed by atoms with E-state index in [1.165, 1.54) is 11.1 Å². The minimum absolute atomic E-state index is 0.260. The van der Waals surface area contributed by atoms with Gasteiger partial charge in [-0.2, -0.15) is 11.8 Å². The van der Waals surface area contributed by atoms with Crippen LogP contribution in [0, 0.1) is 0 Å². The molecule has 1 unspecified atom stereocenters. The minimum Gasteiger partial charge on any atom is -0.338 e. The van der Waals surface area contributed by atoms with Crippen molar-refractivity contribution in [2.45, 2.75) is 25.4 Å². The molecule has 1 fully saturated rings. The minimum atomic E-state index is 0.260. The van der Waals surface area contributed by atoms with Crippen molar-refractivity contribution in [2.75, 3.05) is 24.6 Å². The van der Waals surface area contributed by atoms with Gasteiger partial charge in [-0.05, 0) is 23.6 Å². The van der Waals surface area contributed by atoms with Gasteiger partial charge in [0.15, 0.2) is 0 Å². The zero-order valence-electron chi connectivity index (χ0n) is 11.4. The predicted molar refractivity (Wildman–Crippen MR) is 84.3 cm³/mol. The van der Waals surface area contributed by atoms with Crippen molar-refractivity contribution in [3.63, 3.8) is 0 Å². The van der Waals surface area contributed by atoms with Crippen molar-refractivity contribution < 1.29 is 4.79 Å². The number of halogens is 1. The maximum Gasteiger partial charge on any atom is 0.224 e. The first-order valence-corrected chi connectivity index (χ1v) is 8.62. The monoisotopic (exact) mass is 310 g/mol. The van der Waals surface area contributed by atoms with Gasteiger partial charge >= 0.3 is 0 Å². The first-order valence-electron chi connectivity index (χ1n) is 7.09. The molecule has 0 spiro atoms. The van der Waals surface area contributed by atoms with Crippen LogP contribution >= 0.6 is 23.4 Å². The van der Waals surface area contributed by atoms with Gasteiger partial charge in [0.1, 0.15) is 0 Å². The van der Waals surface area contributed by atoms with Crippen LogP contribution in [0.3, 0.4) is 0 Å². The molecule has 0 aromatic heterocycles. The maximum absolute atomic E-state index is 12.4. The number of carbonyl (C=O) groups excluding carboxylic acids is 1. The fourth-order valence-electron chi connectivity index (χ4n) is 2.87. The number of rotatable bonds is 2. The first kappa shape index (κ1) is 14.2. The summed E-state index contributed by atoms with van der Waals surface area (Å²) in [5.74, 6) is 2.46. The summed E-state index contributed by atoms with van der Waals surface area (Å²) in [7, 11) is 0. The van der Waals surface area contributed by atoms with Crippen molar-refractivity contribution in [2.24, 2.45) is 0 Å². The van der Waals surface area contributed by atoms with Gasteiger partial charge in [0, 0.05) is 48.6 Å². The molecular weight excluding hydrogens is 292 g/mol. The molecule has 2 aliphatic rings. The van der Waals surface area contributed by atoms with Crippen LogP contribution in [0.15, 0.2) is 18.2 Å². The Morgan fingerprint density at radius 3 is 3.20 bits per heavy atom. The molecule has 3 rings (SSSR count). The number of nitrogens with one attached hydrogen (secondary N) is 1. The van der Waals surface area contributed by atoms with Gasteiger partial charge in [-0.1, -0.05) is 23.7 Å². The third-order valence-electron chi connectivity index (χ3n) is 3.98. The van der Waals surface area contributed by atoms with E-state index in [0.29, 0.717) is 19.0 Å². The number of amides is 1. The van der Waals surface area contributed by atoms with Crippen LogP contribution < -0.4 is 5.32 Å². The molecule has 108 valence electrons. The van der Waals surface area contributed by atoms with E-state index >= 15 is 0 Å². The molecule has 1 saturated heterocycles. The molecule has 0 bridgehead atoms. The summed E-state index contributed by atoms with van der Waals surface area (Å²) >= 11 is 8.14. The van der Waals surface area contributed by atoms with E-state index in [1.807, 2.05) is 28.8 Å². The van der Waals surface area contributed by atoms with E-state index in [0.717, 1.165) is 36.0 Å². The fraction of sp³-hybridized carbons (Fsp3) is 0.533. The molecule has 20 heavy (non-hydrogen) atoms. The molecule has 2 aliphatic heterocycles. The van der Waals surface area contributed by atoms with Gasteiger partial charge in [-0.25, -0.2) is 0 Å². The average molecular weight is 311 g/mol. The first-order chi connectivity index (χ1) is 9.74. The zero-order chi connectivity index (χ0) is 13.9. The number of hydrogen-bond acceptors (Lipinski definition) is 3. The average Bonchev–Trinajstić information content (AvgIpc) is 2.48. The SMILES string of the molecule is O=C(CC1CSCCN1)N1CCc2c(Cl)cccc2C1. The molecule has 0 saturated carbocycles. The number of benzene rings is 1. The van der Waals surface area contributed by atoms with Gasteiger partial charge in [0.2, 0.25) is 5.91 Å². The maximum atomic E-state index is 12.4. The number of carbonyl (C=O) groups is 1. The Labute approximate surface area is 129 Å². The summed E-state index contributed by atoms with van der Waals surface area (Å²) in [6, 6.07) is 6.31. The number of fused-ring (bicyclic) bond motifs is 1. The van der Waals surface area contributed by atoms with E-state index in [-0.39, 0.29) is 5.91 Å². The van der Waals surface area contributed by atoms with Gasteiger partial charge in [0.25, 0.3) is 0 Å². The normalized spacial score (nSPS) is 22.4. The quantitative estimate of drug-likeness (QED) is 0.910. The van der Waals surface area contributed by atoms with E-state index in [1.54, 1.807) is 0 Å². The Kier molecular flexibility index (Phi) is 4.54. The summed E-state index contributed by atoms with van der Waals surface area (Å²) in [6.07, 6.45) is 1.48. The molecule has 0 radical (unpaired) electrons. The van der Waals surface area contributed by atoms with Crippen molar-refractivity contribution in [1.29, 1.82) is 0 Å². The van der Waals surface area contributed by atoms with Gasteiger partial charge in [-0.3, -0.25) is 4.79 Å². The summed E-state index contributed by atoms with van der Waals surface area (Å²) in [5.41, 5.74) is 2.41. The smallest absolute Gasteiger partial charge is 0.224 e.